The van der Waals surface area contributed by atoms with E-state index in [9.17, 15) is 27.6 Å². The van der Waals surface area contributed by atoms with Crippen molar-refractivity contribution in [1.82, 2.24) is 4.31 Å². The van der Waals surface area contributed by atoms with Gasteiger partial charge in [0, 0.05) is 27.3 Å². The number of ether oxygens (including phenoxy) is 5. The van der Waals surface area contributed by atoms with Crippen LogP contribution < -0.4 is 0 Å². The molecule has 0 bridgehead atoms. The summed E-state index contributed by atoms with van der Waals surface area (Å²) in [6.45, 7) is 12.3. The van der Waals surface area contributed by atoms with Crippen LogP contribution in [0.25, 0.3) is 0 Å². The van der Waals surface area contributed by atoms with Gasteiger partial charge in [0.2, 0.25) is 22.4 Å². The van der Waals surface area contributed by atoms with Crippen LogP contribution in [0, 0.1) is 12.8 Å². The van der Waals surface area contributed by atoms with Gasteiger partial charge in [-0.25, -0.2) is 8.42 Å². The molecule has 0 N–H and O–H groups in total. The summed E-state index contributed by atoms with van der Waals surface area (Å²) in [5.74, 6) is -2.94. The van der Waals surface area contributed by atoms with Gasteiger partial charge in [-0.05, 0) is 70.6 Å². The molecule has 1 heterocycles. The molecule has 13 heteroatoms. The van der Waals surface area contributed by atoms with Crippen molar-refractivity contribution in [3.63, 3.8) is 0 Å². The van der Waals surface area contributed by atoms with Gasteiger partial charge in [0.15, 0.2) is 6.10 Å². The number of rotatable bonds is 14. The number of hydrogen-bond donors (Lipinski definition) is 0. The molecule has 1 fully saturated rings. The van der Waals surface area contributed by atoms with Gasteiger partial charge < -0.3 is 23.7 Å². The molecular formula is C35H47NO11S. The van der Waals surface area contributed by atoms with E-state index in [2.05, 4.69) is 0 Å². The SMILES string of the molecule is CC(=O)O[C@H]1O[C@H](C[C@@H](C)CC[C@@H](C(=O)OC(C)(C)C)N(Cc2ccccc2)S(=O)(=O)c2ccc(C)cc2)[C@@H](OC(C)=O)[C@H]1OC(C)=O. The van der Waals surface area contributed by atoms with Gasteiger partial charge in [-0.3, -0.25) is 19.2 Å². The molecule has 1 saturated heterocycles. The summed E-state index contributed by atoms with van der Waals surface area (Å²) in [6, 6.07) is 14.2. The summed E-state index contributed by atoms with van der Waals surface area (Å²) < 4.78 is 57.5. The Hall–Kier alpha value is -3.81. The Morgan fingerprint density at radius 1 is 0.833 bits per heavy atom. The number of nitrogens with zero attached hydrogens (tertiary/aromatic N) is 1. The van der Waals surface area contributed by atoms with Crippen LogP contribution in [0.1, 0.15) is 78.9 Å². The Labute approximate surface area is 283 Å². The first-order chi connectivity index (χ1) is 22.4. The van der Waals surface area contributed by atoms with Crippen LogP contribution in [0.4, 0.5) is 0 Å². The molecule has 0 aromatic heterocycles. The lowest BCUT2D eigenvalue weighted by molar-refractivity contribution is -0.195. The minimum absolute atomic E-state index is 0.0437. The first-order valence-corrected chi connectivity index (χ1v) is 17.3. The average molecular weight is 690 g/mol. The number of benzene rings is 2. The van der Waals surface area contributed by atoms with E-state index in [4.69, 9.17) is 23.7 Å². The van der Waals surface area contributed by atoms with Gasteiger partial charge in [-0.1, -0.05) is 55.0 Å². The van der Waals surface area contributed by atoms with Crippen LogP contribution in [-0.4, -0.2) is 72.8 Å². The summed E-state index contributed by atoms with van der Waals surface area (Å²) in [6.07, 6.45) is -3.77. The lowest BCUT2D eigenvalue weighted by Gasteiger charge is -2.33. The highest BCUT2D eigenvalue weighted by Crippen LogP contribution is 2.34. The number of carbonyl (C=O) groups is 4. The average Bonchev–Trinajstić information content (AvgIpc) is 3.25. The van der Waals surface area contributed by atoms with Gasteiger partial charge >= 0.3 is 23.9 Å². The number of aryl methyl sites for hydroxylation is 1. The lowest BCUT2D eigenvalue weighted by atomic mass is 9.93. The first kappa shape index (κ1) is 38.6. The molecule has 0 radical (unpaired) electrons. The van der Waals surface area contributed by atoms with Crippen molar-refractivity contribution in [2.75, 3.05) is 0 Å². The normalized spacial score (nSPS) is 20.9. The number of carbonyl (C=O) groups excluding carboxylic acids is 4. The molecule has 3 rings (SSSR count). The Morgan fingerprint density at radius 3 is 1.94 bits per heavy atom. The van der Waals surface area contributed by atoms with Crippen LogP contribution in [0.5, 0.6) is 0 Å². The second-order valence-electron chi connectivity index (χ2n) is 13.1. The topological polar surface area (TPSA) is 152 Å². The Kier molecular flexibility index (Phi) is 13.3. The van der Waals surface area contributed by atoms with Gasteiger partial charge in [0.25, 0.3) is 0 Å². The molecule has 264 valence electrons. The van der Waals surface area contributed by atoms with E-state index < -0.39 is 70.1 Å². The quantitative estimate of drug-likeness (QED) is 0.198. The molecule has 0 unspecified atom stereocenters. The van der Waals surface area contributed by atoms with E-state index in [1.54, 1.807) is 57.2 Å². The molecule has 1 aliphatic rings. The van der Waals surface area contributed by atoms with E-state index in [0.29, 0.717) is 12.0 Å². The Balaban J connectivity index is 1.94. The summed E-state index contributed by atoms with van der Waals surface area (Å²) in [5, 5.41) is 0. The Bertz CT molecular complexity index is 1520. The van der Waals surface area contributed by atoms with Crippen LogP contribution in [0.3, 0.4) is 0 Å². The Morgan fingerprint density at radius 2 is 1.40 bits per heavy atom. The zero-order valence-corrected chi connectivity index (χ0v) is 29.7. The zero-order valence-electron chi connectivity index (χ0n) is 28.8. The van der Waals surface area contributed by atoms with Crippen LogP contribution in [0.15, 0.2) is 59.5 Å². The van der Waals surface area contributed by atoms with E-state index in [1.165, 1.54) is 37.2 Å². The molecule has 0 spiro atoms. The third kappa shape index (κ3) is 11.1. The predicted octanol–water partition coefficient (Wildman–Crippen LogP) is 4.85. The second kappa shape index (κ2) is 16.5. The van der Waals surface area contributed by atoms with Crippen LogP contribution in [-0.2, 0) is 59.4 Å². The molecule has 12 nitrogen and oxygen atoms in total. The highest BCUT2D eigenvalue weighted by molar-refractivity contribution is 7.89. The predicted molar refractivity (Wildman–Crippen MR) is 175 cm³/mol. The van der Waals surface area contributed by atoms with Crippen molar-refractivity contribution in [1.29, 1.82) is 0 Å². The van der Waals surface area contributed by atoms with Gasteiger partial charge in [0.05, 0.1) is 4.90 Å². The maximum absolute atomic E-state index is 14.2. The lowest BCUT2D eigenvalue weighted by Crippen LogP contribution is -2.47. The second-order valence-corrected chi connectivity index (χ2v) is 15.0. The van der Waals surface area contributed by atoms with Crippen molar-refractivity contribution >= 4 is 33.9 Å². The van der Waals surface area contributed by atoms with E-state index in [0.717, 1.165) is 5.56 Å². The van der Waals surface area contributed by atoms with Crippen LogP contribution >= 0.6 is 0 Å². The van der Waals surface area contributed by atoms with Crippen molar-refractivity contribution in [2.24, 2.45) is 5.92 Å². The minimum atomic E-state index is -4.19. The summed E-state index contributed by atoms with van der Waals surface area (Å²) in [4.78, 5) is 49.5. The van der Waals surface area contributed by atoms with Crippen molar-refractivity contribution in [3.05, 3.63) is 65.7 Å². The van der Waals surface area contributed by atoms with Gasteiger partial charge in [-0.15, -0.1) is 0 Å². The molecule has 0 saturated carbocycles. The highest BCUT2D eigenvalue weighted by Gasteiger charge is 2.51. The molecule has 0 aliphatic carbocycles. The molecule has 0 amide bonds. The monoisotopic (exact) mass is 689 g/mol. The fourth-order valence-corrected chi connectivity index (χ4v) is 7.06. The third-order valence-electron chi connectivity index (χ3n) is 7.56. The van der Waals surface area contributed by atoms with Crippen molar-refractivity contribution in [2.45, 2.75) is 122 Å². The first-order valence-electron chi connectivity index (χ1n) is 15.9. The summed E-state index contributed by atoms with van der Waals surface area (Å²) >= 11 is 0. The largest absolute Gasteiger partial charge is 0.459 e. The fraction of sp³-hybridized carbons (Fsp3) is 0.543. The molecule has 48 heavy (non-hydrogen) atoms. The number of sulfonamides is 1. The number of hydrogen-bond acceptors (Lipinski definition) is 11. The standard InChI is InChI=1S/C35H47NO11S/c1-22-14-17-28(18-15-22)48(41,42)36(21-27-12-10-9-11-13-27)29(33(40)47-35(6,7)8)19-16-23(2)20-30-31(43-24(3)37)32(44-25(4)38)34(46-30)45-26(5)39/h9-15,17-18,23,29-32,34H,16,19-21H2,1-8H3/t23-,29-,30+,31+,32+,34-/m0/s1. The molecule has 2 aromatic carbocycles. The van der Waals surface area contributed by atoms with E-state index in [-0.39, 0.29) is 30.2 Å². The molecule has 6 atom stereocenters. The maximum atomic E-state index is 14.2. The molecule has 2 aromatic rings. The highest BCUT2D eigenvalue weighted by atomic mass is 32.2. The summed E-state index contributed by atoms with van der Waals surface area (Å²) in [7, 11) is -4.19. The number of esters is 4. The van der Waals surface area contributed by atoms with Gasteiger partial charge in [-0.2, -0.15) is 4.31 Å². The minimum Gasteiger partial charge on any atom is -0.459 e. The van der Waals surface area contributed by atoms with Crippen LogP contribution in [0.2, 0.25) is 0 Å². The van der Waals surface area contributed by atoms with Gasteiger partial charge in [0.1, 0.15) is 17.7 Å². The van der Waals surface area contributed by atoms with Crippen molar-refractivity contribution in [3.8, 4) is 0 Å². The third-order valence-corrected chi connectivity index (χ3v) is 9.43. The maximum Gasteiger partial charge on any atom is 0.324 e. The molecule has 1 aliphatic heterocycles. The smallest absolute Gasteiger partial charge is 0.324 e. The van der Waals surface area contributed by atoms with E-state index >= 15 is 0 Å². The molecular weight excluding hydrogens is 642 g/mol. The fourth-order valence-electron chi connectivity index (χ4n) is 5.47. The summed E-state index contributed by atoms with van der Waals surface area (Å²) in [5.41, 5.74) is 0.680. The zero-order chi connectivity index (χ0) is 35.8. The van der Waals surface area contributed by atoms with Crippen molar-refractivity contribution < 1.29 is 51.3 Å². The van der Waals surface area contributed by atoms with E-state index in [1.807, 2.05) is 19.9 Å².